The molecule has 138 valence electrons. The standard InChI is InChI=1S/C20H18ClN3O3/c1-12-4-8-15(9-5-12)24-18(25)11-17(27-3)19(23-24)20(26)22-14-7-6-13(2)16(21)10-14/h4-11H,1-3H3,(H,22,26). The molecule has 0 unspecified atom stereocenters. The van der Waals surface area contributed by atoms with Gasteiger partial charge < -0.3 is 10.1 Å². The molecule has 1 aromatic heterocycles. The van der Waals surface area contributed by atoms with Crippen LogP contribution in [0.4, 0.5) is 5.69 Å². The fourth-order valence-corrected chi connectivity index (χ4v) is 2.67. The summed E-state index contributed by atoms with van der Waals surface area (Å²) < 4.78 is 6.34. The van der Waals surface area contributed by atoms with Crippen molar-refractivity contribution in [1.82, 2.24) is 9.78 Å². The second-order valence-corrected chi connectivity index (χ2v) is 6.47. The molecule has 1 N–H and O–H groups in total. The second kappa shape index (κ2) is 7.63. The van der Waals surface area contributed by atoms with E-state index < -0.39 is 11.5 Å². The molecule has 0 saturated heterocycles. The third-order valence-electron chi connectivity index (χ3n) is 4.04. The van der Waals surface area contributed by atoms with Crippen LogP contribution in [0.1, 0.15) is 21.6 Å². The van der Waals surface area contributed by atoms with Gasteiger partial charge in [0.25, 0.3) is 11.5 Å². The van der Waals surface area contributed by atoms with Crippen molar-refractivity contribution >= 4 is 23.2 Å². The number of nitrogens with one attached hydrogen (secondary N) is 1. The molecule has 1 amide bonds. The number of ether oxygens (including phenoxy) is 1. The Morgan fingerprint density at radius 3 is 2.44 bits per heavy atom. The zero-order valence-electron chi connectivity index (χ0n) is 15.1. The first-order valence-corrected chi connectivity index (χ1v) is 8.60. The number of anilines is 1. The van der Waals surface area contributed by atoms with Gasteiger partial charge in [0.1, 0.15) is 0 Å². The molecule has 7 heteroatoms. The quantitative estimate of drug-likeness (QED) is 0.744. The molecule has 0 bridgehead atoms. The molecule has 3 rings (SSSR count). The molecular formula is C20H18ClN3O3. The number of methoxy groups -OCH3 is 1. The number of hydrogen-bond acceptors (Lipinski definition) is 4. The van der Waals surface area contributed by atoms with Crippen LogP contribution in [-0.2, 0) is 0 Å². The maximum absolute atomic E-state index is 12.7. The molecule has 3 aromatic rings. The average molecular weight is 384 g/mol. The molecule has 0 atom stereocenters. The first kappa shape index (κ1) is 18.7. The van der Waals surface area contributed by atoms with Crippen molar-refractivity contribution < 1.29 is 9.53 Å². The van der Waals surface area contributed by atoms with E-state index in [1.165, 1.54) is 17.9 Å². The van der Waals surface area contributed by atoms with Gasteiger partial charge in [0.05, 0.1) is 18.9 Å². The van der Waals surface area contributed by atoms with E-state index in [-0.39, 0.29) is 11.4 Å². The maximum atomic E-state index is 12.7. The number of aryl methyl sites for hydroxylation is 2. The third-order valence-corrected chi connectivity index (χ3v) is 4.45. The summed E-state index contributed by atoms with van der Waals surface area (Å²) in [6.07, 6.45) is 0. The largest absolute Gasteiger partial charge is 0.494 e. The van der Waals surface area contributed by atoms with Crippen LogP contribution in [0.5, 0.6) is 5.75 Å². The highest BCUT2D eigenvalue weighted by molar-refractivity contribution is 6.31. The number of aromatic nitrogens is 2. The van der Waals surface area contributed by atoms with Crippen LogP contribution in [-0.4, -0.2) is 22.8 Å². The molecule has 0 radical (unpaired) electrons. The van der Waals surface area contributed by atoms with E-state index in [0.717, 1.165) is 11.1 Å². The molecule has 1 heterocycles. The minimum atomic E-state index is -0.507. The maximum Gasteiger partial charge on any atom is 0.280 e. The van der Waals surface area contributed by atoms with Gasteiger partial charge in [0.15, 0.2) is 11.4 Å². The molecule has 0 saturated carbocycles. The van der Waals surface area contributed by atoms with Gasteiger partial charge in [0.2, 0.25) is 0 Å². The van der Waals surface area contributed by atoms with Crippen LogP contribution >= 0.6 is 11.6 Å². The van der Waals surface area contributed by atoms with Gasteiger partial charge in [0, 0.05) is 10.7 Å². The minimum Gasteiger partial charge on any atom is -0.494 e. The van der Waals surface area contributed by atoms with Crippen LogP contribution < -0.4 is 15.6 Å². The van der Waals surface area contributed by atoms with Crippen molar-refractivity contribution in [2.75, 3.05) is 12.4 Å². The summed E-state index contributed by atoms with van der Waals surface area (Å²) in [5.74, 6) is -0.410. The fourth-order valence-electron chi connectivity index (χ4n) is 2.48. The van der Waals surface area contributed by atoms with E-state index in [0.29, 0.717) is 16.4 Å². The van der Waals surface area contributed by atoms with E-state index in [1.807, 2.05) is 26.0 Å². The highest BCUT2D eigenvalue weighted by Crippen LogP contribution is 2.22. The molecular weight excluding hydrogens is 366 g/mol. The molecule has 0 fully saturated rings. The predicted octanol–water partition coefficient (Wildman–Crippen LogP) is 3.76. The second-order valence-electron chi connectivity index (χ2n) is 6.06. The Morgan fingerprint density at radius 1 is 1.11 bits per heavy atom. The highest BCUT2D eigenvalue weighted by Gasteiger charge is 2.18. The summed E-state index contributed by atoms with van der Waals surface area (Å²) in [5.41, 5.74) is 2.63. The summed E-state index contributed by atoms with van der Waals surface area (Å²) >= 11 is 6.10. The number of carbonyl (C=O) groups is 1. The van der Waals surface area contributed by atoms with Crippen LogP contribution in [0.25, 0.3) is 5.69 Å². The van der Waals surface area contributed by atoms with Crippen LogP contribution in [0.2, 0.25) is 5.02 Å². The van der Waals surface area contributed by atoms with Crippen molar-refractivity contribution in [2.45, 2.75) is 13.8 Å². The zero-order chi connectivity index (χ0) is 19.6. The van der Waals surface area contributed by atoms with Gasteiger partial charge in [-0.2, -0.15) is 9.78 Å². The first-order valence-electron chi connectivity index (χ1n) is 8.22. The van der Waals surface area contributed by atoms with Gasteiger partial charge in [-0.05, 0) is 43.7 Å². The average Bonchev–Trinajstić information content (AvgIpc) is 2.65. The van der Waals surface area contributed by atoms with Gasteiger partial charge in [-0.15, -0.1) is 0 Å². The Kier molecular flexibility index (Phi) is 5.28. The highest BCUT2D eigenvalue weighted by atomic mass is 35.5. The topological polar surface area (TPSA) is 73.2 Å². The number of amides is 1. The number of halogens is 1. The number of hydrogen-bond donors (Lipinski definition) is 1. The number of benzene rings is 2. The van der Waals surface area contributed by atoms with Gasteiger partial charge >= 0.3 is 0 Å². The Morgan fingerprint density at radius 2 is 1.81 bits per heavy atom. The van der Waals surface area contributed by atoms with Crippen LogP contribution in [0.15, 0.2) is 53.3 Å². The molecule has 27 heavy (non-hydrogen) atoms. The first-order chi connectivity index (χ1) is 12.9. The van der Waals surface area contributed by atoms with Crippen molar-refractivity contribution in [3.8, 4) is 11.4 Å². The molecule has 0 aliphatic heterocycles. The van der Waals surface area contributed by atoms with Gasteiger partial charge in [-0.25, -0.2) is 0 Å². The van der Waals surface area contributed by atoms with E-state index >= 15 is 0 Å². The lowest BCUT2D eigenvalue weighted by molar-refractivity contribution is 0.101. The summed E-state index contributed by atoms with van der Waals surface area (Å²) in [4.78, 5) is 25.1. The Balaban J connectivity index is 2.01. The number of nitrogens with zero attached hydrogens (tertiary/aromatic N) is 2. The summed E-state index contributed by atoms with van der Waals surface area (Å²) in [7, 11) is 1.38. The normalized spacial score (nSPS) is 10.5. The van der Waals surface area contributed by atoms with Crippen molar-refractivity contribution in [2.24, 2.45) is 0 Å². The lowest BCUT2D eigenvalue weighted by Gasteiger charge is -2.12. The minimum absolute atomic E-state index is 0.00521. The van der Waals surface area contributed by atoms with Crippen LogP contribution in [0.3, 0.4) is 0 Å². The smallest absolute Gasteiger partial charge is 0.280 e. The summed E-state index contributed by atoms with van der Waals surface area (Å²) in [6.45, 7) is 3.82. The molecule has 0 spiro atoms. The Hall–Kier alpha value is -3.12. The van der Waals surface area contributed by atoms with Crippen LogP contribution in [0, 0.1) is 13.8 Å². The van der Waals surface area contributed by atoms with E-state index in [4.69, 9.17) is 16.3 Å². The van der Waals surface area contributed by atoms with Crippen molar-refractivity contribution in [1.29, 1.82) is 0 Å². The number of rotatable bonds is 4. The molecule has 0 aliphatic carbocycles. The SMILES string of the molecule is COc1cc(=O)n(-c2ccc(C)cc2)nc1C(=O)Nc1ccc(C)c(Cl)c1. The van der Waals surface area contributed by atoms with Gasteiger partial charge in [-0.3, -0.25) is 9.59 Å². The molecule has 0 aliphatic rings. The lowest BCUT2D eigenvalue weighted by Crippen LogP contribution is -2.26. The predicted molar refractivity (Wildman–Crippen MR) is 105 cm³/mol. The van der Waals surface area contributed by atoms with E-state index in [9.17, 15) is 9.59 Å². The molecule has 6 nitrogen and oxygen atoms in total. The van der Waals surface area contributed by atoms with E-state index in [2.05, 4.69) is 10.4 Å². The zero-order valence-corrected chi connectivity index (χ0v) is 15.9. The summed E-state index contributed by atoms with van der Waals surface area (Å²) in [6, 6.07) is 13.7. The summed E-state index contributed by atoms with van der Waals surface area (Å²) in [5, 5.41) is 7.48. The fraction of sp³-hybridized carbons (Fsp3) is 0.150. The molecule has 2 aromatic carbocycles. The lowest BCUT2D eigenvalue weighted by atomic mass is 10.2. The monoisotopic (exact) mass is 383 g/mol. The Labute approximate surface area is 161 Å². The van der Waals surface area contributed by atoms with Gasteiger partial charge in [-0.1, -0.05) is 35.4 Å². The third kappa shape index (κ3) is 4.01. The number of carbonyl (C=O) groups excluding carboxylic acids is 1. The van der Waals surface area contributed by atoms with E-state index in [1.54, 1.807) is 30.3 Å². The van der Waals surface area contributed by atoms with Crippen molar-refractivity contribution in [3.05, 3.63) is 80.7 Å². The Bertz CT molecular complexity index is 1060. The van der Waals surface area contributed by atoms with Crippen molar-refractivity contribution in [3.63, 3.8) is 0 Å².